The molecule has 2 rings (SSSR count). The largest absolute Gasteiger partial charge is 0.444 e. The number of anilines is 2. The first-order valence-corrected chi connectivity index (χ1v) is 10.2. The Kier molecular flexibility index (Phi) is 8.10. The van der Waals surface area contributed by atoms with Crippen LogP contribution in [0.15, 0.2) is 30.1 Å². The highest BCUT2D eigenvalue weighted by Gasteiger charge is 2.28. The Labute approximate surface area is 178 Å². The molecular formula is C22H32N6O2. The summed E-state index contributed by atoms with van der Waals surface area (Å²) in [5.74, 6) is 0. The highest BCUT2D eigenvalue weighted by molar-refractivity contribution is 5.82. The number of nitriles is 1. The van der Waals surface area contributed by atoms with Crippen LogP contribution in [0.25, 0.3) is 0 Å². The van der Waals surface area contributed by atoms with Gasteiger partial charge < -0.3 is 31.4 Å². The van der Waals surface area contributed by atoms with Gasteiger partial charge in [0.2, 0.25) is 0 Å². The predicted octanol–water partition coefficient (Wildman–Crippen LogP) is 3.93. The van der Waals surface area contributed by atoms with E-state index in [4.69, 9.17) is 10.1 Å². The molecule has 162 valence electrons. The van der Waals surface area contributed by atoms with Crippen molar-refractivity contribution in [2.24, 2.45) is 0 Å². The zero-order chi connectivity index (χ0) is 22.1. The molecule has 1 amide bonds. The molecule has 1 aliphatic carbocycles. The fraction of sp³-hybridized carbons (Fsp3) is 0.500. The number of rotatable bonds is 7. The number of benzene rings is 1. The molecular weight excluding hydrogens is 380 g/mol. The van der Waals surface area contributed by atoms with E-state index in [1.165, 1.54) is 6.21 Å². The number of hydrogen-bond acceptors (Lipinski definition) is 7. The number of ether oxygens (including phenoxy) is 1. The molecule has 1 aromatic carbocycles. The molecule has 0 unspecified atom stereocenters. The van der Waals surface area contributed by atoms with Gasteiger partial charge in [0.15, 0.2) is 0 Å². The van der Waals surface area contributed by atoms with E-state index >= 15 is 0 Å². The average Bonchev–Trinajstić information content (AvgIpc) is 2.68. The molecule has 2 atom stereocenters. The van der Waals surface area contributed by atoms with Gasteiger partial charge in [-0.25, -0.2) is 4.79 Å². The Morgan fingerprint density at radius 2 is 1.97 bits per heavy atom. The van der Waals surface area contributed by atoms with Crippen molar-refractivity contribution in [1.29, 1.82) is 10.7 Å². The van der Waals surface area contributed by atoms with Gasteiger partial charge in [-0.2, -0.15) is 5.26 Å². The minimum absolute atomic E-state index is 0.0398. The number of amides is 1. The average molecular weight is 413 g/mol. The molecule has 0 heterocycles. The Morgan fingerprint density at radius 1 is 1.27 bits per heavy atom. The number of nitrogens with zero attached hydrogens (tertiary/aromatic N) is 1. The highest BCUT2D eigenvalue weighted by atomic mass is 16.6. The third kappa shape index (κ3) is 6.99. The first kappa shape index (κ1) is 23.1. The summed E-state index contributed by atoms with van der Waals surface area (Å²) in [6, 6.07) is 7.63. The zero-order valence-corrected chi connectivity index (χ0v) is 18.1. The van der Waals surface area contributed by atoms with Crippen LogP contribution >= 0.6 is 0 Å². The molecule has 0 saturated heterocycles. The van der Waals surface area contributed by atoms with Gasteiger partial charge in [0.25, 0.3) is 0 Å². The lowest BCUT2D eigenvalue weighted by molar-refractivity contribution is 0.0488. The maximum absolute atomic E-state index is 12.2. The first-order valence-electron chi connectivity index (χ1n) is 10.2. The van der Waals surface area contributed by atoms with Gasteiger partial charge in [-0.1, -0.05) is 12.8 Å². The lowest BCUT2D eigenvalue weighted by Crippen LogP contribution is -2.49. The van der Waals surface area contributed by atoms with Crippen molar-refractivity contribution in [3.05, 3.63) is 35.7 Å². The molecule has 30 heavy (non-hydrogen) atoms. The Hall–Kier alpha value is -3.21. The molecule has 0 aromatic heterocycles. The number of carbonyl (C=O) groups is 1. The minimum atomic E-state index is -0.539. The van der Waals surface area contributed by atoms with Crippen LogP contribution in [0, 0.1) is 16.7 Å². The summed E-state index contributed by atoms with van der Waals surface area (Å²) in [6.45, 7) is 5.54. The van der Waals surface area contributed by atoms with Crippen LogP contribution in [-0.4, -0.2) is 37.0 Å². The van der Waals surface area contributed by atoms with Crippen molar-refractivity contribution >= 4 is 23.7 Å². The fourth-order valence-electron chi connectivity index (χ4n) is 3.41. The second-order valence-electron chi connectivity index (χ2n) is 8.32. The zero-order valence-electron chi connectivity index (χ0n) is 18.1. The molecule has 1 aromatic rings. The molecule has 0 spiro atoms. The number of alkyl carbamates (subject to hydrolysis) is 1. The topological polar surface area (TPSA) is 122 Å². The van der Waals surface area contributed by atoms with Crippen molar-refractivity contribution < 1.29 is 9.53 Å². The van der Waals surface area contributed by atoms with Crippen LogP contribution in [-0.2, 0) is 4.74 Å². The molecule has 8 nitrogen and oxygen atoms in total. The second kappa shape index (κ2) is 10.5. The molecule has 0 aliphatic heterocycles. The molecule has 0 bridgehead atoms. The molecule has 1 saturated carbocycles. The van der Waals surface area contributed by atoms with Crippen molar-refractivity contribution in [3.63, 3.8) is 0 Å². The van der Waals surface area contributed by atoms with Crippen LogP contribution in [0.3, 0.4) is 0 Å². The van der Waals surface area contributed by atoms with Crippen molar-refractivity contribution in [2.45, 2.75) is 64.1 Å². The maximum Gasteiger partial charge on any atom is 0.407 e. The third-order valence-electron chi connectivity index (χ3n) is 4.69. The number of allylic oxidation sites excluding steroid dienone is 1. The van der Waals surface area contributed by atoms with Crippen molar-refractivity contribution in [2.75, 3.05) is 17.7 Å². The van der Waals surface area contributed by atoms with Gasteiger partial charge in [-0.15, -0.1) is 0 Å². The van der Waals surface area contributed by atoms with Crippen LogP contribution in [0.2, 0.25) is 0 Å². The maximum atomic E-state index is 12.2. The first-order chi connectivity index (χ1) is 14.3. The summed E-state index contributed by atoms with van der Waals surface area (Å²) in [6.07, 6.45) is 6.35. The summed E-state index contributed by atoms with van der Waals surface area (Å²) in [5, 5.41) is 29.4. The Morgan fingerprint density at radius 3 is 2.57 bits per heavy atom. The molecule has 1 aliphatic rings. The van der Waals surface area contributed by atoms with Crippen LogP contribution in [0.5, 0.6) is 0 Å². The number of carbonyl (C=O) groups excluding carboxylic acids is 1. The van der Waals surface area contributed by atoms with E-state index in [2.05, 4.69) is 27.3 Å². The Bertz CT molecular complexity index is 822. The summed E-state index contributed by atoms with van der Waals surface area (Å²) in [5.41, 5.74) is 1.93. The number of hydrogen-bond donors (Lipinski definition) is 5. The van der Waals surface area contributed by atoms with Crippen LogP contribution in [0.4, 0.5) is 16.2 Å². The normalized spacial score (nSPS) is 19.2. The smallest absolute Gasteiger partial charge is 0.407 e. The third-order valence-corrected chi connectivity index (χ3v) is 4.69. The van der Waals surface area contributed by atoms with E-state index in [0.29, 0.717) is 16.9 Å². The standard InChI is InChI=1S/C22H32N6O2/c1-22(2,3)30-21(29)28-19-8-6-5-7-18(19)26-16-10-9-15(12-23)20(11-16)27-17(13-24)14-25-4/h9-11,13-14,18-19,24-27H,5-8H2,1-4H3,(H,28,29)/b17-14+,24-13?/t18-,19+/m1/s1. The number of nitrogens with one attached hydrogen (secondary N) is 5. The van der Waals surface area contributed by atoms with E-state index in [1.807, 2.05) is 32.9 Å². The highest BCUT2D eigenvalue weighted by Crippen LogP contribution is 2.26. The van der Waals surface area contributed by atoms with Gasteiger partial charge in [-0.05, 0) is 51.8 Å². The van der Waals surface area contributed by atoms with E-state index in [-0.39, 0.29) is 12.1 Å². The van der Waals surface area contributed by atoms with E-state index in [0.717, 1.165) is 31.4 Å². The molecule has 0 radical (unpaired) electrons. The van der Waals surface area contributed by atoms with Gasteiger partial charge in [0.05, 0.1) is 23.0 Å². The fourth-order valence-corrected chi connectivity index (χ4v) is 3.41. The predicted molar refractivity (Wildman–Crippen MR) is 120 cm³/mol. The van der Waals surface area contributed by atoms with E-state index in [9.17, 15) is 10.1 Å². The molecule has 1 fully saturated rings. The SMILES string of the molecule is CN/C=C(\C=N)Nc1cc(N[C@@H]2CCCC[C@@H]2NC(=O)OC(C)(C)C)ccc1C#N. The summed E-state index contributed by atoms with van der Waals surface area (Å²) in [7, 11) is 1.75. The quantitative estimate of drug-likeness (QED) is 0.433. The van der Waals surface area contributed by atoms with Crippen LogP contribution < -0.4 is 21.3 Å². The van der Waals surface area contributed by atoms with Gasteiger partial charge in [0.1, 0.15) is 11.7 Å². The lowest BCUT2D eigenvalue weighted by Gasteiger charge is -2.34. The van der Waals surface area contributed by atoms with Gasteiger partial charge >= 0.3 is 6.09 Å². The Balaban J connectivity index is 2.15. The summed E-state index contributed by atoms with van der Waals surface area (Å²) >= 11 is 0. The lowest BCUT2D eigenvalue weighted by atomic mass is 9.90. The molecule has 8 heteroatoms. The van der Waals surface area contributed by atoms with Crippen molar-refractivity contribution in [1.82, 2.24) is 10.6 Å². The second-order valence-corrected chi connectivity index (χ2v) is 8.32. The summed E-state index contributed by atoms with van der Waals surface area (Å²) < 4.78 is 5.41. The monoisotopic (exact) mass is 412 g/mol. The van der Waals surface area contributed by atoms with E-state index in [1.54, 1.807) is 19.3 Å². The van der Waals surface area contributed by atoms with Crippen LogP contribution in [0.1, 0.15) is 52.0 Å². The van der Waals surface area contributed by atoms with Gasteiger partial charge in [0, 0.05) is 31.2 Å². The van der Waals surface area contributed by atoms with Gasteiger partial charge in [-0.3, -0.25) is 0 Å². The molecule has 5 N–H and O–H groups in total. The summed E-state index contributed by atoms with van der Waals surface area (Å²) in [4.78, 5) is 12.2. The van der Waals surface area contributed by atoms with E-state index < -0.39 is 11.7 Å². The van der Waals surface area contributed by atoms with Crippen molar-refractivity contribution in [3.8, 4) is 6.07 Å². The minimum Gasteiger partial charge on any atom is -0.444 e.